The van der Waals surface area contributed by atoms with Crippen molar-refractivity contribution in [3.05, 3.63) is 0 Å². The van der Waals surface area contributed by atoms with E-state index in [0.29, 0.717) is 18.8 Å². The summed E-state index contributed by atoms with van der Waals surface area (Å²) in [5.74, 6) is -2.17. The van der Waals surface area contributed by atoms with Gasteiger partial charge in [-0.1, -0.05) is 0 Å². The van der Waals surface area contributed by atoms with E-state index in [-0.39, 0.29) is 0 Å². The number of hydrogen-bond acceptors (Lipinski definition) is 2. The Morgan fingerprint density at radius 2 is 2.20 bits per heavy atom. The molecular formula is C6H9F2NS. The molecule has 0 aliphatic carbocycles. The number of alkyl halides is 2. The molecule has 2 rings (SSSR count). The van der Waals surface area contributed by atoms with Gasteiger partial charge < -0.3 is 5.32 Å². The SMILES string of the molecule is FC1(F)C2CNCC1SC2. The highest BCUT2D eigenvalue weighted by molar-refractivity contribution is 8.00. The fourth-order valence-electron chi connectivity index (χ4n) is 1.50. The van der Waals surface area contributed by atoms with Crippen LogP contribution in [0, 0.1) is 5.92 Å². The predicted octanol–water partition coefficient (Wildman–Crippen LogP) is 0.956. The minimum atomic E-state index is -2.39. The van der Waals surface area contributed by atoms with Crippen LogP contribution in [-0.2, 0) is 0 Å². The van der Waals surface area contributed by atoms with Crippen LogP contribution in [0.4, 0.5) is 8.78 Å². The molecule has 2 bridgehead atoms. The first kappa shape index (κ1) is 6.85. The molecule has 2 saturated heterocycles. The lowest BCUT2D eigenvalue weighted by atomic mass is 9.97. The predicted molar refractivity (Wildman–Crippen MR) is 37.6 cm³/mol. The lowest BCUT2D eigenvalue weighted by molar-refractivity contribution is -0.0543. The van der Waals surface area contributed by atoms with Crippen molar-refractivity contribution in [3.63, 3.8) is 0 Å². The summed E-state index contributed by atoms with van der Waals surface area (Å²) in [6.45, 7) is 0.977. The first-order valence-corrected chi connectivity index (χ1v) is 4.46. The van der Waals surface area contributed by atoms with E-state index >= 15 is 0 Å². The molecule has 2 fully saturated rings. The Morgan fingerprint density at radius 1 is 1.40 bits per heavy atom. The van der Waals surface area contributed by atoms with Crippen LogP contribution in [-0.4, -0.2) is 30.0 Å². The van der Waals surface area contributed by atoms with Crippen molar-refractivity contribution < 1.29 is 8.78 Å². The Morgan fingerprint density at radius 3 is 2.80 bits per heavy atom. The number of hydrogen-bond donors (Lipinski definition) is 1. The zero-order valence-electron chi connectivity index (χ0n) is 5.44. The summed E-state index contributed by atoms with van der Waals surface area (Å²) in [6, 6.07) is 0. The summed E-state index contributed by atoms with van der Waals surface area (Å²) >= 11 is 1.41. The second kappa shape index (κ2) is 2.08. The molecule has 2 aliphatic rings. The molecule has 10 heavy (non-hydrogen) atoms. The van der Waals surface area contributed by atoms with Gasteiger partial charge in [-0.25, -0.2) is 8.78 Å². The van der Waals surface area contributed by atoms with E-state index in [0.717, 1.165) is 0 Å². The van der Waals surface area contributed by atoms with Gasteiger partial charge in [0.25, 0.3) is 5.92 Å². The number of rotatable bonds is 0. The number of piperidine rings is 1. The zero-order valence-corrected chi connectivity index (χ0v) is 6.26. The van der Waals surface area contributed by atoms with E-state index in [1.807, 2.05) is 0 Å². The van der Waals surface area contributed by atoms with Gasteiger partial charge in [0, 0.05) is 24.8 Å². The molecule has 2 atom stereocenters. The average molecular weight is 165 g/mol. The van der Waals surface area contributed by atoms with Gasteiger partial charge >= 0.3 is 0 Å². The number of halogens is 2. The Kier molecular flexibility index (Phi) is 1.42. The maximum atomic E-state index is 13.0. The van der Waals surface area contributed by atoms with Crippen LogP contribution in [0.1, 0.15) is 0 Å². The van der Waals surface area contributed by atoms with Crippen LogP contribution in [0.3, 0.4) is 0 Å². The van der Waals surface area contributed by atoms with E-state index in [2.05, 4.69) is 5.32 Å². The Hall–Kier alpha value is 0.170. The Bertz CT molecular complexity index is 133. The smallest absolute Gasteiger partial charge is 0.265 e. The lowest BCUT2D eigenvalue weighted by Gasteiger charge is -2.29. The minimum absolute atomic E-state index is 0.406. The maximum absolute atomic E-state index is 13.0. The third kappa shape index (κ3) is 0.782. The molecule has 4 heteroatoms. The van der Waals surface area contributed by atoms with Gasteiger partial charge in [-0.15, -0.1) is 0 Å². The molecule has 0 radical (unpaired) electrons. The van der Waals surface area contributed by atoms with Crippen LogP contribution < -0.4 is 5.32 Å². The zero-order chi connectivity index (χ0) is 7.19. The summed E-state index contributed by atoms with van der Waals surface area (Å²) < 4.78 is 26.0. The lowest BCUT2D eigenvalue weighted by Crippen LogP contribution is -2.49. The summed E-state index contributed by atoms with van der Waals surface area (Å²) in [6.07, 6.45) is 0. The highest BCUT2D eigenvalue weighted by atomic mass is 32.2. The van der Waals surface area contributed by atoms with Crippen molar-refractivity contribution in [1.82, 2.24) is 5.32 Å². The van der Waals surface area contributed by atoms with Crippen LogP contribution in [0.25, 0.3) is 0 Å². The number of thioether (sulfide) groups is 1. The molecule has 2 aliphatic heterocycles. The molecule has 0 aromatic carbocycles. The van der Waals surface area contributed by atoms with Gasteiger partial charge in [-0.05, 0) is 0 Å². The third-order valence-corrected chi connectivity index (χ3v) is 3.67. The van der Waals surface area contributed by atoms with Crippen molar-refractivity contribution in [2.75, 3.05) is 18.8 Å². The molecule has 0 aromatic rings. The van der Waals surface area contributed by atoms with Crippen molar-refractivity contribution in [3.8, 4) is 0 Å². The van der Waals surface area contributed by atoms with Crippen LogP contribution in [0.5, 0.6) is 0 Å². The highest BCUT2D eigenvalue weighted by Gasteiger charge is 2.54. The van der Waals surface area contributed by atoms with Gasteiger partial charge in [-0.2, -0.15) is 11.8 Å². The molecule has 2 heterocycles. The first-order valence-electron chi connectivity index (χ1n) is 3.41. The highest BCUT2D eigenvalue weighted by Crippen LogP contribution is 2.45. The van der Waals surface area contributed by atoms with Gasteiger partial charge in [0.05, 0.1) is 5.25 Å². The molecule has 0 saturated carbocycles. The van der Waals surface area contributed by atoms with Crippen LogP contribution in [0.15, 0.2) is 0 Å². The van der Waals surface area contributed by atoms with Gasteiger partial charge in [-0.3, -0.25) is 0 Å². The fraction of sp³-hybridized carbons (Fsp3) is 1.00. The van der Waals surface area contributed by atoms with E-state index in [1.165, 1.54) is 11.8 Å². The van der Waals surface area contributed by atoms with E-state index in [9.17, 15) is 8.78 Å². The molecule has 1 N–H and O–H groups in total. The van der Waals surface area contributed by atoms with Crippen molar-refractivity contribution in [2.45, 2.75) is 11.2 Å². The monoisotopic (exact) mass is 165 g/mol. The minimum Gasteiger partial charge on any atom is -0.315 e. The average Bonchev–Trinajstić information content (AvgIpc) is 2.17. The quantitative estimate of drug-likeness (QED) is 0.573. The largest absolute Gasteiger partial charge is 0.315 e. The summed E-state index contributed by atoms with van der Waals surface area (Å²) in [7, 11) is 0. The van der Waals surface area contributed by atoms with E-state index < -0.39 is 17.1 Å². The Labute approximate surface area is 62.6 Å². The summed E-state index contributed by atoms with van der Waals surface area (Å²) in [5.41, 5.74) is 0. The normalized spacial score (nSPS) is 43.8. The third-order valence-electron chi connectivity index (χ3n) is 2.19. The summed E-state index contributed by atoms with van der Waals surface area (Å²) in [4.78, 5) is 0. The van der Waals surface area contributed by atoms with Gasteiger partial charge in [0.1, 0.15) is 0 Å². The molecule has 1 nitrogen and oxygen atoms in total. The number of nitrogens with one attached hydrogen (secondary N) is 1. The topological polar surface area (TPSA) is 12.0 Å². The maximum Gasteiger partial charge on any atom is 0.265 e. The Balaban J connectivity index is 2.21. The van der Waals surface area contributed by atoms with Crippen molar-refractivity contribution in [1.29, 1.82) is 0 Å². The molecule has 58 valence electrons. The van der Waals surface area contributed by atoms with E-state index in [4.69, 9.17) is 0 Å². The van der Waals surface area contributed by atoms with E-state index in [1.54, 1.807) is 0 Å². The summed E-state index contributed by atoms with van der Waals surface area (Å²) in [5, 5.41) is 2.55. The van der Waals surface area contributed by atoms with Gasteiger partial charge in [0.15, 0.2) is 0 Å². The molecular weight excluding hydrogens is 156 g/mol. The molecule has 0 amide bonds. The fourth-order valence-corrected chi connectivity index (χ4v) is 2.95. The standard InChI is InChI=1S/C6H9F2NS/c7-6(8)4-1-9-2-5(6)10-3-4/h4-5,9H,1-3H2. The molecule has 0 spiro atoms. The molecule has 0 aromatic heterocycles. The second-order valence-corrected chi connectivity index (χ2v) is 4.09. The van der Waals surface area contributed by atoms with Crippen LogP contribution in [0.2, 0.25) is 0 Å². The van der Waals surface area contributed by atoms with Crippen LogP contribution >= 0.6 is 11.8 Å². The van der Waals surface area contributed by atoms with Crippen molar-refractivity contribution in [2.24, 2.45) is 5.92 Å². The second-order valence-electron chi connectivity index (χ2n) is 2.85. The van der Waals surface area contributed by atoms with Gasteiger partial charge in [0.2, 0.25) is 0 Å². The first-order chi connectivity index (χ1) is 4.71. The molecule has 2 unspecified atom stereocenters. The number of fused-ring (bicyclic) bond motifs is 2. The van der Waals surface area contributed by atoms with Crippen molar-refractivity contribution >= 4 is 11.8 Å².